The molecule has 2 aromatic rings. The van der Waals surface area contributed by atoms with Gasteiger partial charge in [0, 0.05) is 11.9 Å². The largest absolute Gasteiger partial charge is 0.474 e. The van der Waals surface area contributed by atoms with Crippen LogP contribution in [0.1, 0.15) is 50.8 Å². The van der Waals surface area contributed by atoms with E-state index in [0.717, 1.165) is 16.6 Å². The first-order valence-corrected chi connectivity index (χ1v) is 8.58. The fourth-order valence-electron chi connectivity index (χ4n) is 2.33. The summed E-state index contributed by atoms with van der Waals surface area (Å²) in [5, 5.41) is 4.03. The predicted molar refractivity (Wildman–Crippen MR) is 90.5 cm³/mol. The maximum atomic E-state index is 6.08. The van der Waals surface area contributed by atoms with Crippen LogP contribution >= 0.6 is 11.3 Å². The Labute approximate surface area is 131 Å². The van der Waals surface area contributed by atoms with E-state index in [1.54, 1.807) is 11.3 Å². The number of fused-ring (bicyclic) bond motifs is 1. The molecule has 116 valence electrons. The molecule has 0 saturated heterocycles. The van der Waals surface area contributed by atoms with Crippen LogP contribution < -0.4 is 10.1 Å². The molecule has 2 aromatic heterocycles. The van der Waals surface area contributed by atoms with Crippen LogP contribution in [0.2, 0.25) is 0 Å². The number of aromatic nitrogens is 2. The van der Waals surface area contributed by atoms with Crippen LogP contribution in [0.4, 0.5) is 5.95 Å². The Morgan fingerprint density at radius 3 is 2.81 bits per heavy atom. The van der Waals surface area contributed by atoms with Crippen molar-refractivity contribution < 1.29 is 4.74 Å². The minimum Gasteiger partial charge on any atom is -0.474 e. The Bertz CT molecular complexity index is 582. The predicted octanol–water partition coefficient (Wildman–Crippen LogP) is 4.78. The number of rotatable bonds is 8. The van der Waals surface area contributed by atoms with Gasteiger partial charge in [-0.15, -0.1) is 11.3 Å². The van der Waals surface area contributed by atoms with E-state index in [9.17, 15) is 0 Å². The highest BCUT2D eigenvalue weighted by Gasteiger charge is 2.13. The van der Waals surface area contributed by atoms with Gasteiger partial charge in [0.2, 0.25) is 11.8 Å². The highest BCUT2D eigenvalue weighted by molar-refractivity contribution is 7.18. The lowest BCUT2D eigenvalue weighted by molar-refractivity contribution is 0.201. The van der Waals surface area contributed by atoms with Gasteiger partial charge in [-0.05, 0) is 32.8 Å². The standard InChI is InChI=1S/C16H25N3OS/c1-5-6-7-8-9-11(2)20-14-13-10-12(3)21-15(13)19-16(17-4)18-14/h10-11H,5-9H2,1-4H3,(H,17,18,19). The quantitative estimate of drug-likeness (QED) is 0.713. The van der Waals surface area contributed by atoms with Gasteiger partial charge in [0.15, 0.2) is 0 Å². The van der Waals surface area contributed by atoms with Gasteiger partial charge < -0.3 is 10.1 Å². The summed E-state index contributed by atoms with van der Waals surface area (Å²) >= 11 is 1.68. The lowest BCUT2D eigenvalue weighted by atomic mass is 10.1. The number of hydrogen-bond acceptors (Lipinski definition) is 5. The minimum absolute atomic E-state index is 0.185. The van der Waals surface area contributed by atoms with Gasteiger partial charge in [-0.25, -0.2) is 4.98 Å². The molecule has 1 N–H and O–H groups in total. The van der Waals surface area contributed by atoms with Crippen LogP contribution in [0.3, 0.4) is 0 Å². The smallest absolute Gasteiger partial charge is 0.227 e. The zero-order valence-electron chi connectivity index (χ0n) is 13.4. The monoisotopic (exact) mass is 307 g/mol. The lowest BCUT2D eigenvalue weighted by Crippen LogP contribution is -2.13. The molecule has 0 amide bonds. The summed E-state index contributed by atoms with van der Waals surface area (Å²) in [7, 11) is 1.83. The molecular weight excluding hydrogens is 282 g/mol. The molecule has 0 radical (unpaired) electrons. The number of anilines is 1. The third-order valence-electron chi connectivity index (χ3n) is 3.48. The Morgan fingerprint density at radius 2 is 2.10 bits per heavy atom. The van der Waals surface area contributed by atoms with Crippen molar-refractivity contribution in [2.24, 2.45) is 0 Å². The molecular formula is C16H25N3OS. The molecule has 0 aromatic carbocycles. The Hall–Kier alpha value is -1.36. The highest BCUT2D eigenvalue weighted by atomic mass is 32.1. The first kappa shape index (κ1) is 16.0. The van der Waals surface area contributed by atoms with E-state index in [0.29, 0.717) is 11.8 Å². The third-order valence-corrected chi connectivity index (χ3v) is 4.43. The number of thiophene rings is 1. The molecule has 2 rings (SSSR count). The number of ether oxygens (including phenoxy) is 1. The maximum absolute atomic E-state index is 6.08. The molecule has 0 aliphatic rings. The van der Waals surface area contributed by atoms with Crippen molar-refractivity contribution in [1.29, 1.82) is 0 Å². The van der Waals surface area contributed by atoms with Gasteiger partial charge in [-0.1, -0.05) is 26.2 Å². The second-order valence-electron chi connectivity index (χ2n) is 5.46. The van der Waals surface area contributed by atoms with Crippen molar-refractivity contribution >= 4 is 27.5 Å². The van der Waals surface area contributed by atoms with E-state index >= 15 is 0 Å². The molecule has 0 saturated carbocycles. The molecule has 0 aliphatic carbocycles. The van der Waals surface area contributed by atoms with Crippen molar-refractivity contribution in [3.05, 3.63) is 10.9 Å². The van der Waals surface area contributed by atoms with Crippen LogP contribution in [0.15, 0.2) is 6.07 Å². The van der Waals surface area contributed by atoms with Crippen molar-refractivity contribution in [2.75, 3.05) is 12.4 Å². The average molecular weight is 307 g/mol. The van der Waals surface area contributed by atoms with Crippen molar-refractivity contribution in [3.8, 4) is 5.88 Å². The second-order valence-corrected chi connectivity index (χ2v) is 6.69. The normalized spacial score (nSPS) is 12.6. The fraction of sp³-hybridized carbons (Fsp3) is 0.625. The topological polar surface area (TPSA) is 47.0 Å². The van der Waals surface area contributed by atoms with E-state index in [1.807, 2.05) is 7.05 Å². The highest BCUT2D eigenvalue weighted by Crippen LogP contribution is 2.31. The third kappa shape index (κ3) is 4.30. The molecule has 0 spiro atoms. The summed E-state index contributed by atoms with van der Waals surface area (Å²) in [6.45, 7) is 6.44. The Morgan fingerprint density at radius 1 is 1.29 bits per heavy atom. The first-order chi connectivity index (χ1) is 10.1. The molecule has 1 atom stereocenters. The Kier molecular flexibility index (Phi) is 5.79. The number of hydrogen-bond donors (Lipinski definition) is 1. The molecule has 0 fully saturated rings. The van der Waals surface area contributed by atoms with Gasteiger partial charge in [0.05, 0.1) is 11.5 Å². The van der Waals surface area contributed by atoms with E-state index in [2.05, 4.69) is 42.1 Å². The number of aryl methyl sites for hydroxylation is 1. The summed E-state index contributed by atoms with van der Waals surface area (Å²) in [6, 6.07) is 2.11. The molecule has 0 bridgehead atoms. The zero-order valence-corrected chi connectivity index (χ0v) is 14.2. The SMILES string of the molecule is CCCCCCC(C)Oc1nc(NC)nc2sc(C)cc12. The van der Waals surface area contributed by atoms with Crippen molar-refractivity contribution in [2.45, 2.75) is 59.0 Å². The average Bonchev–Trinajstić information content (AvgIpc) is 2.84. The van der Waals surface area contributed by atoms with Gasteiger partial charge in [0.25, 0.3) is 0 Å². The summed E-state index contributed by atoms with van der Waals surface area (Å²) in [4.78, 5) is 11.2. The number of unbranched alkanes of at least 4 members (excludes halogenated alkanes) is 3. The van der Waals surface area contributed by atoms with E-state index in [4.69, 9.17) is 4.74 Å². The molecule has 0 aliphatic heterocycles. The fourth-order valence-corrected chi connectivity index (χ4v) is 3.20. The molecule has 2 heterocycles. The van der Waals surface area contributed by atoms with Crippen molar-refractivity contribution in [1.82, 2.24) is 9.97 Å². The number of nitrogens with zero attached hydrogens (tertiary/aromatic N) is 2. The van der Waals surface area contributed by atoms with Crippen LogP contribution in [-0.2, 0) is 0 Å². The van der Waals surface area contributed by atoms with Crippen LogP contribution in [0, 0.1) is 6.92 Å². The first-order valence-electron chi connectivity index (χ1n) is 7.76. The summed E-state index contributed by atoms with van der Waals surface area (Å²) in [6.07, 6.45) is 6.32. The molecule has 1 unspecified atom stereocenters. The van der Waals surface area contributed by atoms with Crippen molar-refractivity contribution in [3.63, 3.8) is 0 Å². The maximum Gasteiger partial charge on any atom is 0.227 e. The minimum atomic E-state index is 0.185. The van der Waals surface area contributed by atoms with Gasteiger partial charge in [-0.2, -0.15) is 4.98 Å². The second kappa shape index (κ2) is 7.59. The van der Waals surface area contributed by atoms with E-state index in [-0.39, 0.29) is 6.10 Å². The molecule has 5 heteroatoms. The van der Waals surface area contributed by atoms with Crippen LogP contribution in [0.25, 0.3) is 10.2 Å². The lowest BCUT2D eigenvalue weighted by Gasteiger charge is -2.15. The van der Waals surface area contributed by atoms with Crippen LogP contribution in [0.5, 0.6) is 5.88 Å². The summed E-state index contributed by atoms with van der Waals surface area (Å²) < 4.78 is 6.08. The zero-order chi connectivity index (χ0) is 15.2. The molecule has 21 heavy (non-hydrogen) atoms. The Balaban J connectivity index is 2.09. The van der Waals surface area contributed by atoms with E-state index < -0.39 is 0 Å². The van der Waals surface area contributed by atoms with Gasteiger partial charge >= 0.3 is 0 Å². The number of nitrogens with one attached hydrogen (secondary N) is 1. The summed E-state index contributed by atoms with van der Waals surface area (Å²) in [5.74, 6) is 1.33. The van der Waals surface area contributed by atoms with E-state index in [1.165, 1.54) is 30.6 Å². The van der Waals surface area contributed by atoms with Crippen LogP contribution in [-0.4, -0.2) is 23.1 Å². The van der Waals surface area contributed by atoms with Gasteiger partial charge in [-0.3, -0.25) is 0 Å². The summed E-state index contributed by atoms with van der Waals surface area (Å²) in [5.41, 5.74) is 0. The molecule has 4 nitrogen and oxygen atoms in total. The van der Waals surface area contributed by atoms with Gasteiger partial charge in [0.1, 0.15) is 4.83 Å².